The standard InChI is InChI=1S/C22H22N6O2S/c29-22(27-7-9-30-10-8-27)14-1-2-17-18(11-14)31-21-19(17)20(23-13-24-21)26-15-4-6-28-16(12-15)3-5-25-28/h3-6,12-14H,1-2,7-11H2,(H,23,24,26)/t14-/m0/s1. The molecule has 8 nitrogen and oxygen atoms in total. The highest BCUT2D eigenvalue weighted by molar-refractivity contribution is 7.19. The van der Waals surface area contributed by atoms with E-state index in [1.54, 1.807) is 23.9 Å². The molecule has 1 atom stereocenters. The molecular formula is C22H22N6O2S. The van der Waals surface area contributed by atoms with Crippen LogP contribution in [0.25, 0.3) is 15.7 Å². The van der Waals surface area contributed by atoms with Gasteiger partial charge < -0.3 is 15.0 Å². The Kier molecular flexibility index (Phi) is 4.57. The van der Waals surface area contributed by atoms with E-state index in [0.717, 1.165) is 46.5 Å². The van der Waals surface area contributed by atoms with E-state index in [2.05, 4.69) is 26.4 Å². The molecule has 9 heteroatoms. The number of morpholine rings is 1. The number of pyridine rings is 1. The van der Waals surface area contributed by atoms with Gasteiger partial charge in [-0.25, -0.2) is 14.5 Å². The fourth-order valence-electron chi connectivity index (χ4n) is 4.59. The van der Waals surface area contributed by atoms with Gasteiger partial charge in [-0.2, -0.15) is 5.10 Å². The van der Waals surface area contributed by atoms with Crippen LogP contribution >= 0.6 is 11.3 Å². The lowest BCUT2D eigenvalue weighted by atomic mass is 9.86. The number of nitrogens with one attached hydrogen (secondary N) is 1. The predicted molar refractivity (Wildman–Crippen MR) is 119 cm³/mol. The van der Waals surface area contributed by atoms with Crippen LogP contribution in [0.15, 0.2) is 36.9 Å². The Morgan fingerprint density at radius 1 is 1.23 bits per heavy atom. The van der Waals surface area contributed by atoms with Crippen LogP contribution in [0.5, 0.6) is 0 Å². The first-order valence-corrected chi connectivity index (χ1v) is 11.4. The summed E-state index contributed by atoms with van der Waals surface area (Å²) in [6, 6.07) is 6.01. The summed E-state index contributed by atoms with van der Waals surface area (Å²) in [7, 11) is 0. The summed E-state index contributed by atoms with van der Waals surface area (Å²) >= 11 is 1.70. The number of aromatic nitrogens is 4. The van der Waals surface area contributed by atoms with Crippen molar-refractivity contribution in [3.63, 3.8) is 0 Å². The molecule has 2 aliphatic rings. The Morgan fingerprint density at radius 3 is 3.03 bits per heavy atom. The molecule has 31 heavy (non-hydrogen) atoms. The number of nitrogens with zero attached hydrogens (tertiary/aromatic N) is 5. The molecule has 6 rings (SSSR count). The maximum atomic E-state index is 13.0. The van der Waals surface area contributed by atoms with Crippen molar-refractivity contribution in [2.75, 3.05) is 31.6 Å². The first-order valence-electron chi connectivity index (χ1n) is 10.6. The van der Waals surface area contributed by atoms with Crippen molar-refractivity contribution in [3.05, 3.63) is 47.4 Å². The summed E-state index contributed by atoms with van der Waals surface area (Å²) in [4.78, 5) is 26.3. The van der Waals surface area contributed by atoms with Crippen molar-refractivity contribution >= 4 is 44.5 Å². The number of aryl methyl sites for hydroxylation is 1. The highest BCUT2D eigenvalue weighted by atomic mass is 32.1. The number of ether oxygens (including phenoxy) is 1. The van der Waals surface area contributed by atoms with E-state index in [0.29, 0.717) is 26.3 Å². The lowest BCUT2D eigenvalue weighted by Gasteiger charge is -2.31. The van der Waals surface area contributed by atoms with Crippen molar-refractivity contribution in [3.8, 4) is 0 Å². The minimum Gasteiger partial charge on any atom is -0.378 e. The molecule has 0 radical (unpaired) electrons. The van der Waals surface area contributed by atoms with Gasteiger partial charge in [0.15, 0.2) is 0 Å². The quantitative estimate of drug-likeness (QED) is 0.534. The number of carbonyl (C=O) groups excluding carboxylic acids is 1. The minimum absolute atomic E-state index is 0.0484. The van der Waals surface area contributed by atoms with Gasteiger partial charge in [-0.1, -0.05) is 0 Å². The van der Waals surface area contributed by atoms with Gasteiger partial charge in [0, 0.05) is 42.0 Å². The van der Waals surface area contributed by atoms with Crippen molar-refractivity contribution in [1.82, 2.24) is 24.5 Å². The fourth-order valence-corrected chi connectivity index (χ4v) is 5.86. The van der Waals surface area contributed by atoms with E-state index < -0.39 is 0 Å². The molecule has 4 aromatic heterocycles. The van der Waals surface area contributed by atoms with Crippen molar-refractivity contribution in [2.24, 2.45) is 5.92 Å². The summed E-state index contributed by atoms with van der Waals surface area (Å²) in [6.07, 6.45) is 7.85. The second-order valence-corrected chi connectivity index (χ2v) is 9.11. The zero-order valence-corrected chi connectivity index (χ0v) is 17.8. The lowest BCUT2D eigenvalue weighted by molar-refractivity contribution is -0.140. The van der Waals surface area contributed by atoms with Crippen LogP contribution in [0.1, 0.15) is 16.9 Å². The predicted octanol–water partition coefficient (Wildman–Crippen LogP) is 3.05. The highest BCUT2D eigenvalue weighted by Gasteiger charge is 2.32. The van der Waals surface area contributed by atoms with Crippen LogP contribution in [0.3, 0.4) is 0 Å². The van der Waals surface area contributed by atoms with E-state index in [1.165, 1.54) is 10.4 Å². The number of carbonyl (C=O) groups is 1. The van der Waals surface area contributed by atoms with Gasteiger partial charge in [-0.3, -0.25) is 4.79 Å². The van der Waals surface area contributed by atoms with E-state index in [4.69, 9.17) is 4.74 Å². The summed E-state index contributed by atoms with van der Waals surface area (Å²) in [5.41, 5.74) is 3.27. The van der Waals surface area contributed by atoms with Crippen molar-refractivity contribution in [2.45, 2.75) is 19.3 Å². The summed E-state index contributed by atoms with van der Waals surface area (Å²) in [5, 5.41) is 8.82. The molecule has 1 amide bonds. The smallest absolute Gasteiger partial charge is 0.226 e. The normalized spacial score (nSPS) is 19.0. The van der Waals surface area contributed by atoms with Crippen LogP contribution in [-0.2, 0) is 22.4 Å². The number of hydrogen-bond acceptors (Lipinski definition) is 7. The first kappa shape index (κ1) is 18.7. The second-order valence-electron chi connectivity index (χ2n) is 8.02. The van der Waals surface area contributed by atoms with E-state index in [9.17, 15) is 4.79 Å². The molecule has 1 saturated heterocycles. The Hall–Kier alpha value is -3.04. The van der Waals surface area contributed by atoms with Gasteiger partial charge in [-0.05, 0) is 43.0 Å². The zero-order chi connectivity index (χ0) is 20.8. The third-order valence-corrected chi connectivity index (χ3v) is 7.34. The molecule has 0 saturated carbocycles. The van der Waals surface area contributed by atoms with E-state index >= 15 is 0 Å². The number of hydrogen-bond donors (Lipinski definition) is 1. The van der Waals surface area contributed by atoms with Crippen LogP contribution in [0, 0.1) is 5.92 Å². The second kappa shape index (κ2) is 7.58. The third kappa shape index (κ3) is 3.34. The van der Waals surface area contributed by atoms with Gasteiger partial charge in [0.1, 0.15) is 17.0 Å². The molecule has 1 aliphatic carbocycles. The molecule has 1 fully saturated rings. The highest BCUT2D eigenvalue weighted by Crippen LogP contribution is 2.40. The van der Waals surface area contributed by atoms with Crippen LogP contribution in [-0.4, -0.2) is 56.7 Å². The molecule has 0 spiro atoms. The van der Waals surface area contributed by atoms with Crippen LogP contribution < -0.4 is 5.32 Å². The monoisotopic (exact) mass is 434 g/mol. The zero-order valence-electron chi connectivity index (χ0n) is 17.0. The van der Waals surface area contributed by atoms with Crippen LogP contribution in [0.2, 0.25) is 0 Å². The number of fused-ring (bicyclic) bond motifs is 4. The average Bonchev–Trinajstić information content (AvgIpc) is 3.43. The van der Waals surface area contributed by atoms with Gasteiger partial charge in [0.25, 0.3) is 0 Å². The fraction of sp³-hybridized carbons (Fsp3) is 0.364. The number of amides is 1. The molecule has 1 N–H and O–H groups in total. The molecule has 0 bridgehead atoms. The number of anilines is 2. The van der Waals surface area contributed by atoms with Crippen molar-refractivity contribution in [1.29, 1.82) is 0 Å². The number of rotatable bonds is 3. The molecule has 1 aliphatic heterocycles. The molecule has 4 aromatic rings. The topological polar surface area (TPSA) is 84.7 Å². The Labute approximate surface area is 182 Å². The molecule has 0 unspecified atom stereocenters. The van der Waals surface area contributed by atoms with Gasteiger partial charge in [0.05, 0.1) is 24.1 Å². The van der Waals surface area contributed by atoms with Gasteiger partial charge >= 0.3 is 0 Å². The Bertz CT molecular complexity index is 1280. The summed E-state index contributed by atoms with van der Waals surface area (Å²) in [6.45, 7) is 2.69. The minimum atomic E-state index is 0.0484. The number of thiophene rings is 1. The van der Waals surface area contributed by atoms with Gasteiger partial charge in [0.2, 0.25) is 5.91 Å². The van der Waals surface area contributed by atoms with E-state index in [1.807, 2.05) is 27.7 Å². The lowest BCUT2D eigenvalue weighted by Crippen LogP contribution is -2.44. The molecular weight excluding hydrogens is 412 g/mol. The molecule has 158 valence electrons. The largest absolute Gasteiger partial charge is 0.378 e. The maximum absolute atomic E-state index is 13.0. The summed E-state index contributed by atoms with van der Waals surface area (Å²) in [5.74, 6) is 1.14. The van der Waals surface area contributed by atoms with Gasteiger partial charge in [-0.15, -0.1) is 11.3 Å². The Morgan fingerprint density at radius 2 is 2.13 bits per heavy atom. The first-order chi connectivity index (χ1) is 15.3. The SMILES string of the molecule is O=C([C@H]1CCc2c(sc3ncnc(Nc4ccn5nccc5c4)c23)C1)N1CCOCC1. The average molecular weight is 435 g/mol. The maximum Gasteiger partial charge on any atom is 0.226 e. The molecule has 0 aromatic carbocycles. The molecule has 5 heterocycles. The third-order valence-electron chi connectivity index (χ3n) is 6.18. The Balaban J connectivity index is 1.30. The van der Waals surface area contributed by atoms with E-state index in [-0.39, 0.29) is 11.8 Å². The van der Waals surface area contributed by atoms with Crippen LogP contribution in [0.4, 0.5) is 11.5 Å². The van der Waals surface area contributed by atoms with Crippen molar-refractivity contribution < 1.29 is 9.53 Å². The summed E-state index contributed by atoms with van der Waals surface area (Å²) < 4.78 is 7.23.